The smallest absolute Gasteiger partial charge is 0.0734 e. The highest BCUT2D eigenvalue weighted by Crippen LogP contribution is 2.29. The highest BCUT2D eigenvalue weighted by molar-refractivity contribution is 9.10. The first-order chi connectivity index (χ1) is 9.28. The zero-order valence-electron chi connectivity index (χ0n) is 11.0. The molecular formula is C15H17BrN2O. The summed E-state index contributed by atoms with van der Waals surface area (Å²) in [6, 6.07) is 8.41. The van der Waals surface area contributed by atoms with E-state index < -0.39 is 0 Å². The monoisotopic (exact) mass is 320 g/mol. The molecule has 1 aliphatic heterocycles. The molecule has 1 aliphatic rings. The van der Waals surface area contributed by atoms with E-state index in [9.17, 15) is 0 Å². The van der Waals surface area contributed by atoms with Gasteiger partial charge in [-0.25, -0.2) is 0 Å². The van der Waals surface area contributed by atoms with Gasteiger partial charge in [0.2, 0.25) is 0 Å². The van der Waals surface area contributed by atoms with E-state index >= 15 is 0 Å². The molecule has 0 aliphatic carbocycles. The van der Waals surface area contributed by atoms with E-state index in [0.29, 0.717) is 6.10 Å². The van der Waals surface area contributed by atoms with Crippen LogP contribution in [0.5, 0.6) is 0 Å². The molecule has 4 heteroatoms. The predicted octanol–water partition coefficient (Wildman–Crippen LogP) is 3.61. The number of aromatic nitrogens is 1. The van der Waals surface area contributed by atoms with Gasteiger partial charge in [-0.1, -0.05) is 15.9 Å². The molecule has 3 rings (SSSR count). The Morgan fingerprint density at radius 3 is 2.79 bits per heavy atom. The van der Waals surface area contributed by atoms with Gasteiger partial charge in [-0.3, -0.25) is 4.98 Å². The molecule has 0 atom stereocenters. The summed E-state index contributed by atoms with van der Waals surface area (Å²) in [6.45, 7) is 2.10. The van der Waals surface area contributed by atoms with E-state index in [1.165, 1.54) is 11.1 Å². The largest absolute Gasteiger partial charge is 0.381 e. The minimum absolute atomic E-state index is 0.415. The number of nitrogens with zero attached hydrogens (tertiary/aromatic N) is 2. The van der Waals surface area contributed by atoms with Crippen molar-refractivity contribution in [1.29, 1.82) is 0 Å². The van der Waals surface area contributed by atoms with Crippen LogP contribution in [0.3, 0.4) is 0 Å². The van der Waals surface area contributed by atoms with Crippen molar-refractivity contribution in [3.05, 3.63) is 34.9 Å². The molecule has 2 aromatic rings. The molecule has 3 nitrogen and oxygen atoms in total. The van der Waals surface area contributed by atoms with Crippen molar-refractivity contribution in [2.24, 2.45) is 0 Å². The Morgan fingerprint density at radius 1 is 1.26 bits per heavy atom. The topological polar surface area (TPSA) is 25.4 Å². The van der Waals surface area contributed by atoms with Crippen molar-refractivity contribution in [1.82, 2.24) is 4.98 Å². The van der Waals surface area contributed by atoms with Gasteiger partial charge in [-0.2, -0.15) is 0 Å². The van der Waals surface area contributed by atoms with Crippen LogP contribution >= 0.6 is 15.9 Å². The summed E-state index contributed by atoms with van der Waals surface area (Å²) in [5.74, 6) is 0. The van der Waals surface area contributed by atoms with Crippen LogP contribution in [0.15, 0.2) is 34.9 Å². The lowest BCUT2D eigenvalue weighted by molar-refractivity contribution is 0.0819. The number of piperidine rings is 1. The number of ether oxygens (including phenoxy) is 1. The number of pyridine rings is 1. The van der Waals surface area contributed by atoms with Gasteiger partial charge in [0.05, 0.1) is 11.6 Å². The molecule has 1 saturated heterocycles. The molecule has 1 aromatic heterocycles. The van der Waals surface area contributed by atoms with Crippen molar-refractivity contribution in [2.75, 3.05) is 25.1 Å². The Labute approximate surface area is 121 Å². The van der Waals surface area contributed by atoms with E-state index in [-0.39, 0.29) is 0 Å². The molecule has 1 fully saturated rings. The summed E-state index contributed by atoms with van der Waals surface area (Å²) in [5.41, 5.74) is 2.33. The lowest BCUT2D eigenvalue weighted by Gasteiger charge is -2.33. The second kappa shape index (κ2) is 5.47. The summed E-state index contributed by atoms with van der Waals surface area (Å²) in [4.78, 5) is 6.89. The van der Waals surface area contributed by atoms with Crippen molar-refractivity contribution in [3.8, 4) is 0 Å². The minimum Gasteiger partial charge on any atom is -0.381 e. The standard InChI is InChI=1S/C15H17BrN2O/c1-19-12-5-8-18(9-6-12)15-4-7-17-14-10-11(16)2-3-13(14)15/h2-4,7,10,12H,5-6,8-9H2,1H3. The number of halogens is 1. The number of benzene rings is 1. The Morgan fingerprint density at radius 2 is 2.05 bits per heavy atom. The molecule has 1 aromatic carbocycles. The van der Waals surface area contributed by atoms with Crippen LogP contribution in [-0.4, -0.2) is 31.3 Å². The van der Waals surface area contributed by atoms with Gasteiger partial charge in [0.15, 0.2) is 0 Å². The third-order valence-electron chi connectivity index (χ3n) is 3.80. The van der Waals surface area contributed by atoms with E-state index in [1.807, 2.05) is 6.20 Å². The van der Waals surface area contributed by atoms with Gasteiger partial charge in [-0.15, -0.1) is 0 Å². The normalized spacial score (nSPS) is 17.1. The lowest BCUT2D eigenvalue weighted by Crippen LogP contribution is -2.36. The number of anilines is 1. The maximum absolute atomic E-state index is 5.43. The van der Waals surface area contributed by atoms with Crippen molar-refractivity contribution in [2.45, 2.75) is 18.9 Å². The maximum atomic E-state index is 5.43. The second-order valence-electron chi connectivity index (χ2n) is 4.91. The van der Waals surface area contributed by atoms with Crippen LogP contribution in [0.25, 0.3) is 10.9 Å². The fourth-order valence-corrected chi connectivity index (χ4v) is 3.06. The highest BCUT2D eigenvalue weighted by Gasteiger charge is 2.20. The van der Waals surface area contributed by atoms with Crippen molar-refractivity contribution < 1.29 is 4.74 Å². The number of fused-ring (bicyclic) bond motifs is 1. The SMILES string of the molecule is COC1CCN(c2ccnc3cc(Br)ccc23)CC1. The van der Waals surface area contributed by atoms with Gasteiger partial charge < -0.3 is 9.64 Å². The fraction of sp³-hybridized carbons (Fsp3) is 0.400. The minimum atomic E-state index is 0.415. The summed E-state index contributed by atoms with van der Waals surface area (Å²) >= 11 is 3.50. The first kappa shape index (κ1) is 12.9. The van der Waals surface area contributed by atoms with Gasteiger partial charge in [0.1, 0.15) is 0 Å². The molecule has 0 radical (unpaired) electrons. The quantitative estimate of drug-likeness (QED) is 0.845. The molecule has 0 unspecified atom stereocenters. The number of methoxy groups -OCH3 is 1. The van der Waals surface area contributed by atoms with Crippen LogP contribution in [0, 0.1) is 0 Å². The molecule has 19 heavy (non-hydrogen) atoms. The van der Waals surface area contributed by atoms with Crippen LogP contribution < -0.4 is 4.90 Å². The summed E-state index contributed by atoms with van der Waals surface area (Å²) in [5, 5.41) is 1.22. The zero-order chi connectivity index (χ0) is 13.2. The molecule has 100 valence electrons. The molecular weight excluding hydrogens is 304 g/mol. The molecule has 0 bridgehead atoms. The number of hydrogen-bond acceptors (Lipinski definition) is 3. The maximum Gasteiger partial charge on any atom is 0.0734 e. The van der Waals surface area contributed by atoms with Crippen LogP contribution in [0.2, 0.25) is 0 Å². The first-order valence-corrected chi connectivity index (χ1v) is 7.39. The Kier molecular flexibility index (Phi) is 3.71. The summed E-state index contributed by atoms with van der Waals surface area (Å²) in [7, 11) is 1.81. The van der Waals surface area contributed by atoms with Gasteiger partial charge >= 0.3 is 0 Å². The van der Waals surface area contributed by atoms with Crippen LogP contribution in [-0.2, 0) is 4.74 Å². The summed E-state index contributed by atoms with van der Waals surface area (Å²) < 4.78 is 6.51. The van der Waals surface area contributed by atoms with Gasteiger partial charge in [-0.05, 0) is 37.1 Å². The fourth-order valence-electron chi connectivity index (χ4n) is 2.71. The van der Waals surface area contributed by atoms with Crippen molar-refractivity contribution in [3.63, 3.8) is 0 Å². The average molecular weight is 321 g/mol. The molecule has 2 heterocycles. The van der Waals surface area contributed by atoms with Crippen LogP contribution in [0.4, 0.5) is 5.69 Å². The van der Waals surface area contributed by atoms with E-state index in [2.05, 4.69) is 50.1 Å². The first-order valence-electron chi connectivity index (χ1n) is 6.60. The number of rotatable bonds is 2. The van der Waals surface area contributed by atoms with E-state index in [0.717, 1.165) is 35.9 Å². The van der Waals surface area contributed by atoms with Crippen molar-refractivity contribution >= 4 is 32.5 Å². The third-order valence-corrected chi connectivity index (χ3v) is 4.29. The second-order valence-corrected chi connectivity index (χ2v) is 5.83. The van der Waals surface area contributed by atoms with Gasteiger partial charge in [0, 0.05) is 41.9 Å². The number of hydrogen-bond donors (Lipinski definition) is 0. The lowest BCUT2D eigenvalue weighted by atomic mass is 10.1. The summed E-state index contributed by atoms with van der Waals surface area (Å²) in [6.07, 6.45) is 4.50. The van der Waals surface area contributed by atoms with E-state index in [1.54, 1.807) is 7.11 Å². The zero-order valence-corrected chi connectivity index (χ0v) is 12.6. The Hall–Kier alpha value is -1.13. The molecule has 0 amide bonds. The van der Waals surface area contributed by atoms with Gasteiger partial charge in [0.25, 0.3) is 0 Å². The Bertz CT molecular complexity index is 579. The van der Waals surface area contributed by atoms with E-state index in [4.69, 9.17) is 4.74 Å². The molecule has 0 spiro atoms. The molecule has 0 N–H and O–H groups in total. The Balaban J connectivity index is 1.93. The predicted molar refractivity (Wildman–Crippen MR) is 81.7 cm³/mol. The van der Waals surface area contributed by atoms with Crippen LogP contribution in [0.1, 0.15) is 12.8 Å². The average Bonchev–Trinajstić information content (AvgIpc) is 2.46. The molecule has 0 saturated carbocycles. The highest BCUT2D eigenvalue weighted by atomic mass is 79.9. The third kappa shape index (κ3) is 2.60.